The Bertz CT molecular complexity index is 2110. The highest BCUT2D eigenvalue weighted by atomic mass is 16.5. The molecule has 0 radical (unpaired) electrons. The predicted octanol–water partition coefficient (Wildman–Crippen LogP) is 5.09. The van der Waals surface area contributed by atoms with Crippen molar-refractivity contribution in [2.24, 2.45) is 11.3 Å². The number of aromatic nitrogens is 1. The van der Waals surface area contributed by atoms with Crippen molar-refractivity contribution in [3.8, 4) is 11.5 Å². The Kier molecular flexibility index (Phi) is 7.03. The standard InChI is InChI=1S/C40H38N4O6/c1-49-33-19-30-26(17-31(41-30)37(47)44-24-27-21-40(27)29-10-6-5-9-28(29)32(45)20-35(40)44)18-34(33)50-16-15-43-36(46)22-39(38(43)48)11-13-42(14-12-39)23-25-7-3-2-4-8-25/h2-10,17-20,27,41H,11-16,21-24H2,1H3/t27-,40?/m1/s1. The monoisotopic (exact) mass is 670 g/mol. The highest BCUT2D eigenvalue weighted by molar-refractivity contribution is 6.10. The number of amides is 3. The van der Waals surface area contributed by atoms with Gasteiger partial charge >= 0.3 is 0 Å². The van der Waals surface area contributed by atoms with Gasteiger partial charge in [0.05, 0.1) is 19.1 Å². The molecule has 0 bridgehead atoms. The molecule has 3 aliphatic heterocycles. The van der Waals surface area contributed by atoms with Gasteiger partial charge in [0.1, 0.15) is 12.3 Å². The summed E-state index contributed by atoms with van der Waals surface area (Å²) in [6.07, 6.45) is 4.18. The second-order valence-electron chi connectivity index (χ2n) is 14.4. The number of ether oxygens (including phenoxy) is 2. The summed E-state index contributed by atoms with van der Waals surface area (Å²) in [5, 5.41) is 0.761. The van der Waals surface area contributed by atoms with Crippen molar-refractivity contribution in [1.29, 1.82) is 0 Å². The van der Waals surface area contributed by atoms with Gasteiger partial charge in [-0.2, -0.15) is 0 Å². The fourth-order valence-corrected chi connectivity index (χ4v) is 8.96. The van der Waals surface area contributed by atoms with Crippen LogP contribution in [0.25, 0.3) is 10.9 Å². The lowest BCUT2D eigenvalue weighted by atomic mass is 9.77. The van der Waals surface area contributed by atoms with Crippen LogP contribution in [0.15, 0.2) is 84.6 Å². The number of likely N-dealkylation sites (tertiary alicyclic amines) is 3. The van der Waals surface area contributed by atoms with E-state index in [1.165, 1.54) is 10.5 Å². The van der Waals surface area contributed by atoms with Crippen LogP contribution in [0.2, 0.25) is 0 Å². The number of nitrogens with one attached hydrogen (secondary N) is 1. The van der Waals surface area contributed by atoms with Gasteiger partial charge in [-0.1, -0.05) is 54.6 Å². The van der Waals surface area contributed by atoms with E-state index in [2.05, 4.69) is 22.0 Å². The molecule has 2 spiro atoms. The Labute approximate surface area is 289 Å². The highest BCUT2D eigenvalue weighted by Gasteiger charge is 2.67. The molecule has 254 valence electrons. The maximum Gasteiger partial charge on any atom is 0.274 e. The third kappa shape index (κ3) is 4.72. The maximum absolute atomic E-state index is 13.9. The number of aromatic amines is 1. The molecule has 10 nitrogen and oxygen atoms in total. The predicted molar refractivity (Wildman–Crippen MR) is 185 cm³/mol. The number of rotatable bonds is 8. The Balaban J connectivity index is 0.865. The third-order valence-electron chi connectivity index (χ3n) is 11.7. The number of carbonyl (C=O) groups excluding carboxylic acids is 4. The molecular weight excluding hydrogens is 632 g/mol. The SMILES string of the molecule is COc1cc2[nH]c(C(=O)N3C[C@H]4CC45C3=CC(=O)c3ccccc35)cc2cc1OCCN1C(=O)CC2(CCN(Cc3ccccc3)CC2)C1=O. The number of benzene rings is 3. The van der Waals surface area contributed by atoms with Crippen LogP contribution >= 0.6 is 0 Å². The van der Waals surface area contributed by atoms with Gasteiger partial charge in [-0.15, -0.1) is 0 Å². The second-order valence-corrected chi connectivity index (χ2v) is 14.4. The topological polar surface area (TPSA) is 112 Å². The normalized spacial score (nSPS) is 23.6. The fourth-order valence-electron chi connectivity index (χ4n) is 8.96. The molecule has 4 aromatic rings. The first-order valence-corrected chi connectivity index (χ1v) is 17.4. The van der Waals surface area contributed by atoms with Gasteiger partial charge in [-0.3, -0.25) is 29.0 Å². The molecule has 1 N–H and O–H groups in total. The molecule has 5 aliphatic rings. The minimum absolute atomic E-state index is 0.0635. The van der Waals surface area contributed by atoms with E-state index < -0.39 is 5.41 Å². The van der Waals surface area contributed by atoms with Crippen LogP contribution in [0, 0.1) is 11.3 Å². The van der Waals surface area contributed by atoms with Crippen LogP contribution in [-0.4, -0.2) is 83.1 Å². The molecule has 1 saturated carbocycles. The third-order valence-corrected chi connectivity index (χ3v) is 11.7. The van der Waals surface area contributed by atoms with E-state index in [1.807, 2.05) is 48.5 Å². The second kappa shape index (κ2) is 11.4. The van der Waals surface area contributed by atoms with Crippen LogP contribution in [0.1, 0.15) is 57.7 Å². The van der Waals surface area contributed by atoms with Crippen molar-refractivity contribution in [2.75, 3.05) is 39.9 Å². The molecule has 2 aliphatic carbocycles. The van der Waals surface area contributed by atoms with Gasteiger partial charge in [0.25, 0.3) is 5.91 Å². The number of ketones is 1. The van der Waals surface area contributed by atoms with Crippen molar-refractivity contribution in [2.45, 2.75) is 37.6 Å². The summed E-state index contributed by atoms with van der Waals surface area (Å²) < 4.78 is 11.7. The molecule has 9 rings (SSSR count). The molecule has 1 unspecified atom stereocenters. The Morgan fingerprint density at radius 1 is 0.960 bits per heavy atom. The van der Waals surface area contributed by atoms with E-state index >= 15 is 0 Å². The summed E-state index contributed by atoms with van der Waals surface area (Å²) in [4.78, 5) is 62.3. The van der Waals surface area contributed by atoms with Gasteiger partial charge in [-0.05, 0) is 61.5 Å². The van der Waals surface area contributed by atoms with E-state index in [9.17, 15) is 19.2 Å². The van der Waals surface area contributed by atoms with Crippen LogP contribution in [0.5, 0.6) is 11.5 Å². The van der Waals surface area contributed by atoms with E-state index in [4.69, 9.17) is 9.47 Å². The molecule has 4 heterocycles. The van der Waals surface area contributed by atoms with Crippen molar-refractivity contribution in [3.05, 3.63) is 107 Å². The maximum atomic E-state index is 13.9. The number of piperidine rings is 2. The Morgan fingerprint density at radius 3 is 2.54 bits per heavy atom. The summed E-state index contributed by atoms with van der Waals surface area (Å²) in [5.41, 5.74) is 4.04. The minimum atomic E-state index is -0.630. The van der Waals surface area contributed by atoms with Crippen molar-refractivity contribution in [3.63, 3.8) is 0 Å². The van der Waals surface area contributed by atoms with Gasteiger partial charge in [-0.25, -0.2) is 0 Å². The van der Waals surface area contributed by atoms with Crippen LogP contribution in [0.4, 0.5) is 0 Å². The van der Waals surface area contributed by atoms with Crippen LogP contribution in [-0.2, 0) is 21.5 Å². The molecule has 10 heteroatoms. The summed E-state index contributed by atoms with van der Waals surface area (Å²) in [6, 6.07) is 23.4. The lowest BCUT2D eigenvalue weighted by Crippen LogP contribution is -2.45. The van der Waals surface area contributed by atoms with Gasteiger partial charge < -0.3 is 19.4 Å². The quantitative estimate of drug-likeness (QED) is 0.260. The number of H-pyrrole nitrogens is 1. The van der Waals surface area contributed by atoms with E-state index in [-0.39, 0.29) is 48.5 Å². The summed E-state index contributed by atoms with van der Waals surface area (Å²) >= 11 is 0. The minimum Gasteiger partial charge on any atom is -0.493 e. The highest BCUT2D eigenvalue weighted by Crippen LogP contribution is 2.66. The number of fused-ring (bicyclic) bond motifs is 2. The number of imide groups is 1. The number of carbonyl (C=O) groups is 4. The first-order valence-electron chi connectivity index (χ1n) is 17.4. The summed E-state index contributed by atoms with van der Waals surface area (Å²) in [5.74, 6) is 0.739. The van der Waals surface area contributed by atoms with Crippen molar-refractivity contribution in [1.82, 2.24) is 19.7 Å². The smallest absolute Gasteiger partial charge is 0.274 e. The molecule has 1 aromatic heterocycles. The molecule has 4 fully saturated rings. The first-order chi connectivity index (χ1) is 24.3. The average Bonchev–Trinajstić information content (AvgIpc) is 3.41. The Hall–Kier alpha value is -5.22. The van der Waals surface area contributed by atoms with Crippen molar-refractivity contribution < 1.29 is 28.7 Å². The van der Waals surface area contributed by atoms with Gasteiger partial charge in [0, 0.05) is 59.2 Å². The zero-order valence-electron chi connectivity index (χ0n) is 27.9. The number of allylic oxidation sites excluding steroid dienone is 2. The molecule has 2 atom stereocenters. The Morgan fingerprint density at radius 2 is 1.74 bits per heavy atom. The molecule has 3 aromatic carbocycles. The summed E-state index contributed by atoms with van der Waals surface area (Å²) in [7, 11) is 1.55. The first kappa shape index (κ1) is 30.8. The lowest BCUT2D eigenvalue weighted by molar-refractivity contribution is -0.143. The van der Waals surface area contributed by atoms with Crippen LogP contribution < -0.4 is 9.47 Å². The zero-order valence-corrected chi connectivity index (χ0v) is 27.9. The molecular formula is C40H38N4O6. The number of nitrogens with zero attached hydrogens (tertiary/aromatic N) is 3. The molecule has 3 amide bonds. The van der Waals surface area contributed by atoms with Crippen LogP contribution in [0.3, 0.4) is 0 Å². The van der Waals surface area contributed by atoms with E-state index in [0.29, 0.717) is 48.0 Å². The van der Waals surface area contributed by atoms with Gasteiger partial charge in [0.15, 0.2) is 17.3 Å². The fraction of sp³-hybridized carbons (Fsp3) is 0.350. The summed E-state index contributed by atoms with van der Waals surface area (Å²) in [6.45, 7) is 3.24. The van der Waals surface area contributed by atoms with E-state index in [1.54, 1.807) is 30.2 Å². The molecule has 50 heavy (non-hydrogen) atoms. The molecule has 3 saturated heterocycles. The van der Waals surface area contributed by atoms with Gasteiger partial charge in [0.2, 0.25) is 11.8 Å². The number of hydrogen-bond donors (Lipinski definition) is 1. The number of hydrogen-bond acceptors (Lipinski definition) is 7. The van der Waals surface area contributed by atoms with E-state index in [0.717, 1.165) is 48.3 Å². The largest absolute Gasteiger partial charge is 0.493 e. The lowest BCUT2D eigenvalue weighted by Gasteiger charge is -2.37. The van der Waals surface area contributed by atoms with Crippen molar-refractivity contribution >= 4 is 34.4 Å². The zero-order chi connectivity index (χ0) is 34.2. The number of methoxy groups -OCH3 is 1. The average molecular weight is 671 g/mol.